The normalized spacial score (nSPS) is 12.8. The fourth-order valence-electron chi connectivity index (χ4n) is 3.13. The summed E-state index contributed by atoms with van der Waals surface area (Å²) < 4.78 is 10.3. The Morgan fingerprint density at radius 3 is 2.57 bits per heavy atom. The molecule has 1 aromatic heterocycles. The van der Waals surface area contributed by atoms with Crippen molar-refractivity contribution in [3.8, 4) is 0 Å². The van der Waals surface area contributed by atoms with Gasteiger partial charge in [-0.25, -0.2) is 4.79 Å². The Bertz CT molecular complexity index is 1000. The highest BCUT2D eigenvalue weighted by Crippen LogP contribution is 2.20. The molecule has 1 heterocycles. The molecular formula is C22H23N3O5. The number of carbonyl (C=O) groups excluding carboxylic acids is 2. The van der Waals surface area contributed by atoms with E-state index >= 15 is 0 Å². The van der Waals surface area contributed by atoms with Crippen LogP contribution in [0, 0.1) is 4.91 Å². The largest absolute Gasteiger partial charge is 0.467 e. The molecule has 3 rings (SSSR count). The van der Waals surface area contributed by atoms with E-state index in [4.69, 9.17) is 9.47 Å². The molecule has 0 saturated carbocycles. The Hall–Kier alpha value is -3.52. The Balaban J connectivity index is 1.62. The van der Waals surface area contributed by atoms with Gasteiger partial charge in [0.25, 0.3) is 0 Å². The van der Waals surface area contributed by atoms with E-state index in [0.717, 1.165) is 22.0 Å². The van der Waals surface area contributed by atoms with Crippen molar-refractivity contribution in [1.29, 1.82) is 0 Å². The number of nitroso groups, excluding NO2 is 1. The SMILES string of the molecule is COC(=O)[C@H](COCc1ccccc1)NC(=O)C(Cc1c[nH]c2ccccc12)N=O. The predicted octanol–water partition coefficient (Wildman–Crippen LogP) is 2.72. The second-order valence-electron chi connectivity index (χ2n) is 6.77. The molecule has 2 aromatic carbocycles. The number of H-pyrrole nitrogens is 1. The van der Waals surface area contributed by atoms with E-state index in [1.165, 1.54) is 7.11 Å². The average molecular weight is 409 g/mol. The summed E-state index contributed by atoms with van der Waals surface area (Å²) in [6.45, 7) is 0.181. The molecule has 0 radical (unpaired) electrons. The molecule has 0 fully saturated rings. The summed E-state index contributed by atoms with van der Waals surface area (Å²) >= 11 is 0. The fraction of sp³-hybridized carbons (Fsp3) is 0.273. The van der Waals surface area contributed by atoms with Crippen LogP contribution >= 0.6 is 0 Å². The molecule has 1 unspecified atom stereocenters. The minimum absolute atomic E-state index is 0.0913. The summed E-state index contributed by atoms with van der Waals surface area (Å²) in [6.07, 6.45) is 1.86. The number of esters is 1. The number of rotatable bonds is 10. The monoisotopic (exact) mass is 409 g/mol. The zero-order valence-corrected chi connectivity index (χ0v) is 16.5. The van der Waals surface area contributed by atoms with Crippen molar-refractivity contribution in [2.45, 2.75) is 25.1 Å². The summed E-state index contributed by atoms with van der Waals surface area (Å²) in [5.41, 5.74) is 2.62. The average Bonchev–Trinajstić information content (AvgIpc) is 3.19. The molecule has 2 atom stereocenters. The molecule has 0 aliphatic carbocycles. The number of carbonyl (C=O) groups is 2. The number of fused-ring (bicyclic) bond motifs is 1. The van der Waals surface area contributed by atoms with Crippen LogP contribution in [0.1, 0.15) is 11.1 Å². The van der Waals surface area contributed by atoms with Gasteiger partial charge < -0.3 is 19.8 Å². The molecule has 0 spiro atoms. The molecule has 0 bridgehead atoms. The highest BCUT2D eigenvalue weighted by Gasteiger charge is 2.28. The van der Waals surface area contributed by atoms with Gasteiger partial charge in [0.15, 0.2) is 12.1 Å². The highest BCUT2D eigenvalue weighted by atomic mass is 16.5. The van der Waals surface area contributed by atoms with Gasteiger partial charge in [0, 0.05) is 23.5 Å². The van der Waals surface area contributed by atoms with Gasteiger partial charge in [0.1, 0.15) is 0 Å². The topological polar surface area (TPSA) is 110 Å². The van der Waals surface area contributed by atoms with Gasteiger partial charge in [-0.2, -0.15) is 0 Å². The van der Waals surface area contributed by atoms with E-state index in [0.29, 0.717) is 0 Å². The van der Waals surface area contributed by atoms with Crippen molar-refractivity contribution in [2.75, 3.05) is 13.7 Å². The van der Waals surface area contributed by atoms with Gasteiger partial charge in [-0.1, -0.05) is 53.7 Å². The molecule has 0 aliphatic rings. The maximum absolute atomic E-state index is 12.6. The van der Waals surface area contributed by atoms with Crippen LogP contribution in [0.4, 0.5) is 0 Å². The molecule has 0 saturated heterocycles. The van der Waals surface area contributed by atoms with Gasteiger partial charge in [0.05, 0.1) is 20.3 Å². The molecule has 3 aromatic rings. The lowest BCUT2D eigenvalue weighted by Gasteiger charge is -2.18. The molecule has 30 heavy (non-hydrogen) atoms. The van der Waals surface area contributed by atoms with Crippen molar-refractivity contribution in [2.24, 2.45) is 5.18 Å². The molecule has 156 valence electrons. The first-order valence-electron chi connectivity index (χ1n) is 9.49. The van der Waals surface area contributed by atoms with E-state index in [1.807, 2.05) is 54.6 Å². The van der Waals surface area contributed by atoms with E-state index < -0.39 is 24.0 Å². The molecule has 8 heteroatoms. The highest BCUT2D eigenvalue weighted by molar-refractivity contribution is 5.89. The zero-order chi connectivity index (χ0) is 21.3. The first-order valence-corrected chi connectivity index (χ1v) is 9.49. The fourth-order valence-corrected chi connectivity index (χ4v) is 3.13. The molecule has 2 N–H and O–H groups in total. The molecular weight excluding hydrogens is 386 g/mol. The lowest BCUT2D eigenvalue weighted by atomic mass is 10.0. The van der Waals surface area contributed by atoms with Gasteiger partial charge in [-0.05, 0) is 17.2 Å². The van der Waals surface area contributed by atoms with Crippen LogP contribution in [0.2, 0.25) is 0 Å². The van der Waals surface area contributed by atoms with Crippen molar-refractivity contribution in [3.05, 3.63) is 76.8 Å². The number of methoxy groups -OCH3 is 1. The van der Waals surface area contributed by atoms with Crippen LogP contribution in [0.3, 0.4) is 0 Å². The third-order valence-electron chi connectivity index (χ3n) is 4.72. The van der Waals surface area contributed by atoms with E-state index in [9.17, 15) is 14.5 Å². The minimum atomic E-state index is -1.19. The number of nitrogens with zero attached hydrogens (tertiary/aromatic N) is 1. The van der Waals surface area contributed by atoms with Crippen molar-refractivity contribution in [1.82, 2.24) is 10.3 Å². The summed E-state index contributed by atoms with van der Waals surface area (Å²) in [4.78, 5) is 39.1. The lowest BCUT2D eigenvalue weighted by molar-refractivity contribution is -0.147. The van der Waals surface area contributed by atoms with Crippen molar-refractivity contribution < 1.29 is 19.1 Å². The number of hydrogen-bond acceptors (Lipinski definition) is 6. The van der Waals surface area contributed by atoms with Gasteiger partial charge >= 0.3 is 5.97 Å². The first-order chi connectivity index (χ1) is 14.6. The molecule has 0 aliphatic heterocycles. The number of hydrogen-bond donors (Lipinski definition) is 2. The lowest BCUT2D eigenvalue weighted by Crippen LogP contribution is -2.48. The van der Waals surface area contributed by atoms with Gasteiger partial charge in [-0.3, -0.25) is 4.79 Å². The number of para-hydroxylation sites is 1. The maximum atomic E-state index is 12.6. The predicted molar refractivity (Wildman–Crippen MR) is 112 cm³/mol. The molecule has 1 amide bonds. The Kier molecular flexibility index (Phi) is 7.29. The van der Waals surface area contributed by atoms with E-state index in [1.54, 1.807) is 6.20 Å². The number of benzene rings is 2. The quantitative estimate of drug-likeness (QED) is 0.395. The number of amides is 1. The van der Waals surface area contributed by atoms with Crippen molar-refractivity contribution >= 4 is 22.8 Å². The van der Waals surface area contributed by atoms with Crippen LogP contribution in [0.15, 0.2) is 66.0 Å². The third kappa shape index (κ3) is 5.30. The van der Waals surface area contributed by atoms with E-state index in [-0.39, 0.29) is 19.6 Å². The summed E-state index contributed by atoms with van der Waals surface area (Å²) in [5.74, 6) is -1.32. The second kappa shape index (κ2) is 10.3. The zero-order valence-electron chi connectivity index (χ0n) is 16.5. The smallest absolute Gasteiger partial charge is 0.330 e. The third-order valence-corrected chi connectivity index (χ3v) is 4.72. The second-order valence-corrected chi connectivity index (χ2v) is 6.77. The van der Waals surface area contributed by atoms with Crippen molar-refractivity contribution in [3.63, 3.8) is 0 Å². The summed E-state index contributed by atoms with van der Waals surface area (Å²) in [5, 5.41) is 6.40. The summed E-state index contributed by atoms with van der Waals surface area (Å²) in [7, 11) is 1.22. The Labute approximate surface area is 173 Å². The van der Waals surface area contributed by atoms with Gasteiger partial charge in [-0.15, -0.1) is 4.91 Å². The number of aromatic nitrogens is 1. The van der Waals surface area contributed by atoms with Crippen LogP contribution < -0.4 is 5.32 Å². The van der Waals surface area contributed by atoms with Crippen LogP contribution in [-0.2, 0) is 32.1 Å². The Morgan fingerprint density at radius 1 is 1.10 bits per heavy atom. The minimum Gasteiger partial charge on any atom is -0.467 e. The van der Waals surface area contributed by atoms with Crippen LogP contribution in [-0.4, -0.2) is 42.7 Å². The number of ether oxygens (including phenoxy) is 2. The van der Waals surface area contributed by atoms with Crippen LogP contribution in [0.5, 0.6) is 0 Å². The van der Waals surface area contributed by atoms with Crippen LogP contribution in [0.25, 0.3) is 10.9 Å². The van der Waals surface area contributed by atoms with Gasteiger partial charge in [0.2, 0.25) is 5.91 Å². The summed E-state index contributed by atoms with van der Waals surface area (Å²) in [6, 6.07) is 14.8. The van der Waals surface area contributed by atoms with E-state index in [2.05, 4.69) is 15.5 Å². The maximum Gasteiger partial charge on any atom is 0.330 e. The number of nitrogens with one attached hydrogen (secondary N) is 2. The molecule has 8 nitrogen and oxygen atoms in total. The first kappa shape index (κ1) is 21.2. The standard InChI is InChI=1S/C22H23N3O5/c1-29-22(27)20(14-30-13-15-7-3-2-4-8-15)24-21(26)19(25-28)11-16-12-23-18-10-6-5-9-17(16)18/h2-10,12,19-20,23H,11,13-14H2,1H3,(H,24,26)/t19?,20-/m0/s1. The Morgan fingerprint density at radius 2 is 1.83 bits per heavy atom. The number of aromatic amines is 1.